The van der Waals surface area contributed by atoms with E-state index in [2.05, 4.69) is 4.99 Å². The molecule has 2 saturated heterocycles. The Morgan fingerprint density at radius 1 is 1.00 bits per heavy atom. The van der Waals surface area contributed by atoms with Crippen molar-refractivity contribution in [3.05, 3.63) is 54.1 Å². The van der Waals surface area contributed by atoms with Crippen LogP contribution in [0.15, 0.2) is 53.6 Å². The van der Waals surface area contributed by atoms with Crippen LogP contribution >= 0.6 is 0 Å². The SMILES string of the molecule is O=C1[C@H]2C=CC=C[C@@H]2C(=O)N1C[C@]12OC3=N[C@@]1(C(=O)[C@@H]1COCCN1c1ccc3cc1)C2=O. The van der Waals surface area contributed by atoms with Crippen LogP contribution in [0.5, 0.6) is 0 Å². The van der Waals surface area contributed by atoms with E-state index in [0.29, 0.717) is 18.7 Å². The Morgan fingerprint density at radius 2 is 1.70 bits per heavy atom. The summed E-state index contributed by atoms with van der Waals surface area (Å²) in [6.07, 6.45) is 6.84. The first-order valence-corrected chi connectivity index (χ1v) is 11.0. The lowest BCUT2D eigenvalue weighted by Crippen LogP contribution is -2.55. The summed E-state index contributed by atoms with van der Waals surface area (Å²) in [6, 6.07) is 6.73. The fraction of sp³-hybridized carbons (Fsp3) is 0.375. The smallest absolute Gasteiger partial charge is 0.237 e. The maximum absolute atomic E-state index is 13.9. The molecule has 9 heteroatoms. The molecule has 2 amide bonds. The van der Waals surface area contributed by atoms with E-state index in [0.717, 1.165) is 10.6 Å². The van der Waals surface area contributed by atoms with Gasteiger partial charge in [0.05, 0.1) is 31.6 Å². The number of likely N-dealkylation sites (tertiary alicyclic amines) is 1. The monoisotopic (exact) mass is 445 g/mol. The first-order valence-electron chi connectivity index (χ1n) is 11.0. The van der Waals surface area contributed by atoms with Gasteiger partial charge in [0.15, 0.2) is 5.78 Å². The second kappa shape index (κ2) is 6.05. The van der Waals surface area contributed by atoms with Crippen LogP contribution in [0.1, 0.15) is 5.56 Å². The van der Waals surface area contributed by atoms with Gasteiger partial charge in [0.2, 0.25) is 34.6 Å². The molecule has 0 aromatic heterocycles. The van der Waals surface area contributed by atoms with Gasteiger partial charge in [0, 0.05) is 17.8 Å². The van der Waals surface area contributed by atoms with Crippen molar-refractivity contribution in [1.82, 2.24) is 4.90 Å². The van der Waals surface area contributed by atoms with Crippen molar-refractivity contribution in [3.63, 3.8) is 0 Å². The fourth-order valence-corrected chi connectivity index (χ4v) is 5.79. The maximum Gasteiger partial charge on any atom is 0.237 e. The number of fused-ring (bicyclic) bond motifs is 3. The first kappa shape index (κ1) is 18.9. The number of hydrogen-bond acceptors (Lipinski definition) is 8. The van der Waals surface area contributed by atoms with Crippen LogP contribution in [-0.2, 0) is 28.7 Å². The minimum Gasteiger partial charge on any atom is -0.457 e. The van der Waals surface area contributed by atoms with Gasteiger partial charge in [-0.2, -0.15) is 0 Å². The van der Waals surface area contributed by atoms with E-state index < -0.39 is 52.4 Å². The molecule has 0 N–H and O–H groups in total. The summed E-state index contributed by atoms with van der Waals surface area (Å²) in [4.78, 5) is 60.9. The van der Waals surface area contributed by atoms with E-state index in [1.54, 1.807) is 24.3 Å². The minimum absolute atomic E-state index is 0.123. The largest absolute Gasteiger partial charge is 0.457 e. The summed E-state index contributed by atoms with van der Waals surface area (Å²) < 4.78 is 11.7. The van der Waals surface area contributed by atoms with Crippen LogP contribution in [0.4, 0.5) is 5.69 Å². The molecule has 1 saturated carbocycles. The van der Waals surface area contributed by atoms with Crippen LogP contribution < -0.4 is 4.90 Å². The van der Waals surface area contributed by atoms with Gasteiger partial charge in [-0.15, -0.1) is 0 Å². The molecule has 0 unspecified atom stereocenters. The molecule has 1 aromatic carbocycles. The van der Waals surface area contributed by atoms with Crippen LogP contribution in [0.25, 0.3) is 0 Å². The van der Waals surface area contributed by atoms with E-state index in [4.69, 9.17) is 9.47 Å². The Balaban J connectivity index is 1.32. The number of imide groups is 1. The van der Waals surface area contributed by atoms with Crippen LogP contribution in [0.3, 0.4) is 0 Å². The highest BCUT2D eigenvalue weighted by Gasteiger charge is 2.89. The molecule has 3 fully saturated rings. The zero-order valence-corrected chi connectivity index (χ0v) is 17.5. The van der Waals surface area contributed by atoms with E-state index in [-0.39, 0.29) is 19.0 Å². The number of anilines is 1. The molecule has 5 aliphatic heterocycles. The Labute approximate surface area is 188 Å². The number of aliphatic imine (C=N–C) groups is 1. The van der Waals surface area contributed by atoms with Crippen LogP contribution in [0, 0.1) is 11.8 Å². The molecule has 5 atom stereocenters. The topological polar surface area (TPSA) is 106 Å². The second-order valence-corrected chi connectivity index (χ2v) is 9.16. The Bertz CT molecular complexity index is 1220. The normalized spacial score (nSPS) is 37.6. The third kappa shape index (κ3) is 2.13. The average molecular weight is 445 g/mol. The van der Waals surface area contributed by atoms with Crippen LogP contribution in [0.2, 0.25) is 0 Å². The predicted octanol–water partition coefficient (Wildman–Crippen LogP) is 0.0388. The Kier molecular flexibility index (Phi) is 3.47. The molecule has 7 aliphatic rings. The van der Waals surface area contributed by atoms with E-state index in [1.807, 2.05) is 29.2 Å². The third-order valence-electron chi connectivity index (χ3n) is 7.61. The average Bonchev–Trinajstić information content (AvgIpc) is 3.08. The van der Waals surface area contributed by atoms with Crippen molar-refractivity contribution in [3.8, 4) is 0 Å². The molecule has 1 aromatic rings. The number of rotatable bonds is 2. The van der Waals surface area contributed by atoms with Crippen molar-refractivity contribution < 1.29 is 28.7 Å². The standard InChI is InChI=1S/C24H19N3O6/c28-18-17-11-32-10-9-26(17)14-7-5-13(6-8-14)19-25-24(18)22(31)23(24,33-19)12-27-20(29)15-3-1-2-4-16(15)21(27)30/h1-8,15-17H,9-12H2/t15-,16-,17-,23+,24-/m0/s1. The number of allylic oxidation sites excluding steroid dienone is 2. The highest BCUT2D eigenvalue weighted by atomic mass is 16.5. The number of amides is 2. The summed E-state index contributed by atoms with van der Waals surface area (Å²) in [5.74, 6) is -2.74. The van der Waals surface area contributed by atoms with E-state index in [9.17, 15) is 19.2 Å². The van der Waals surface area contributed by atoms with Gasteiger partial charge in [0.25, 0.3) is 0 Å². The van der Waals surface area contributed by atoms with E-state index in [1.165, 1.54) is 0 Å². The van der Waals surface area contributed by atoms with Crippen molar-refractivity contribution in [1.29, 1.82) is 0 Å². The number of Topliss-reactive ketones (excluding diaryl/α,β-unsaturated/α-hetero) is 2. The Hall–Kier alpha value is -3.59. The minimum atomic E-state index is -1.78. The lowest BCUT2D eigenvalue weighted by Gasteiger charge is -2.37. The predicted molar refractivity (Wildman–Crippen MR) is 113 cm³/mol. The number of nitrogens with zero attached hydrogens (tertiary/aromatic N) is 3. The molecule has 9 nitrogen and oxygen atoms in total. The number of benzene rings is 1. The second-order valence-electron chi connectivity index (χ2n) is 9.16. The summed E-state index contributed by atoms with van der Waals surface area (Å²) in [5, 5.41) is 0. The molecule has 5 heterocycles. The lowest BCUT2D eigenvalue weighted by atomic mass is 9.91. The number of carbonyl (C=O) groups is 4. The highest BCUT2D eigenvalue weighted by molar-refractivity contribution is 6.37. The first-order chi connectivity index (χ1) is 16.0. The molecule has 1 spiro atoms. The summed E-state index contributed by atoms with van der Waals surface area (Å²) >= 11 is 0. The van der Waals surface area contributed by atoms with Gasteiger partial charge in [-0.3, -0.25) is 24.1 Å². The number of morpholine rings is 1. The van der Waals surface area contributed by atoms with E-state index >= 15 is 0 Å². The molecule has 0 radical (unpaired) electrons. The van der Waals surface area contributed by atoms with Crippen molar-refractivity contribution in [2.75, 3.05) is 31.2 Å². The summed E-state index contributed by atoms with van der Waals surface area (Å²) in [6.45, 7) is 0.748. The highest BCUT2D eigenvalue weighted by Crippen LogP contribution is 2.57. The van der Waals surface area contributed by atoms with Crippen LogP contribution in [-0.4, -0.2) is 77.7 Å². The van der Waals surface area contributed by atoms with Crippen molar-refractivity contribution in [2.45, 2.75) is 17.2 Å². The third-order valence-corrected chi connectivity index (χ3v) is 7.61. The number of carbonyl (C=O) groups excluding carboxylic acids is 4. The lowest BCUT2D eigenvalue weighted by molar-refractivity contribution is -0.142. The summed E-state index contributed by atoms with van der Waals surface area (Å²) in [7, 11) is 0. The van der Waals surface area contributed by atoms with Crippen molar-refractivity contribution in [2.24, 2.45) is 16.8 Å². The molecule has 166 valence electrons. The van der Waals surface area contributed by atoms with Gasteiger partial charge in [-0.1, -0.05) is 24.3 Å². The molecule has 4 bridgehead atoms. The zero-order chi connectivity index (χ0) is 22.5. The zero-order valence-electron chi connectivity index (χ0n) is 17.5. The van der Waals surface area contributed by atoms with Gasteiger partial charge >= 0.3 is 0 Å². The van der Waals surface area contributed by atoms with Gasteiger partial charge in [-0.05, 0) is 24.3 Å². The van der Waals surface area contributed by atoms with Gasteiger partial charge in [-0.25, -0.2) is 4.99 Å². The molecule has 8 rings (SSSR count). The Morgan fingerprint density at radius 3 is 2.39 bits per heavy atom. The quantitative estimate of drug-likeness (QED) is 0.468. The maximum atomic E-state index is 13.9. The number of hydrogen-bond donors (Lipinski definition) is 0. The van der Waals surface area contributed by atoms with Gasteiger partial charge in [0.1, 0.15) is 6.04 Å². The molecular formula is C24H19N3O6. The molecule has 33 heavy (non-hydrogen) atoms. The number of ether oxygens (including phenoxy) is 2. The van der Waals surface area contributed by atoms with Crippen molar-refractivity contribution >= 4 is 35.0 Å². The molecular weight excluding hydrogens is 426 g/mol. The number of ketones is 2. The van der Waals surface area contributed by atoms with Gasteiger partial charge < -0.3 is 14.4 Å². The molecule has 2 aliphatic carbocycles. The fourth-order valence-electron chi connectivity index (χ4n) is 5.79. The summed E-state index contributed by atoms with van der Waals surface area (Å²) in [5.41, 5.74) is -1.99.